The van der Waals surface area contributed by atoms with Crippen LogP contribution in [0, 0.1) is 0 Å². The predicted molar refractivity (Wildman–Crippen MR) is 78.9 cm³/mol. The molecular weight excluding hydrogens is 318 g/mol. The quantitative estimate of drug-likeness (QED) is 0.863. The van der Waals surface area contributed by atoms with E-state index in [1.54, 1.807) is 0 Å². The van der Waals surface area contributed by atoms with Gasteiger partial charge in [-0.05, 0) is 44.9 Å². The fraction of sp³-hybridized carbons (Fsp3) is 0.462. The number of hydrogen-bond donors (Lipinski definition) is 1. The second-order valence-electron chi connectivity index (χ2n) is 4.97. The summed E-state index contributed by atoms with van der Waals surface area (Å²) in [6.07, 6.45) is 0.481. The standard InChI is InChI=1S/C13H18BrNO2.ClH/c1-13(2,3)17-12(16)11(15)8-9-5-4-6-10(14)7-9;/h4-7,11H,8,15H2,1-3H3;1H/t11-;/m1./s1. The van der Waals surface area contributed by atoms with E-state index >= 15 is 0 Å². The van der Waals surface area contributed by atoms with Crippen molar-refractivity contribution in [3.63, 3.8) is 0 Å². The average molecular weight is 337 g/mol. The molecule has 1 rings (SSSR count). The van der Waals surface area contributed by atoms with Crippen LogP contribution in [0.2, 0.25) is 0 Å². The van der Waals surface area contributed by atoms with Crippen LogP contribution in [-0.4, -0.2) is 17.6 Å². The van der Waals surface area contributed by atoms with Crippen molar-refractivity contribution in [2.75, 3.05) is 0 Å². The SMILES string of the molecule is CC(C)(C)OC(=O)[C@H](N)Cc1cccc(Br)c1.Cl. The number of ether oxygens (including phenoxy) is 1. The molecule has 102 valence electrons. The molecule has 2 N–H and O–H groups in total. The number of hydrogen-bond acceptors (Lipinski definition) is 3. The molecule has 0 unspecified atom stereocenters. The average Bonchev–Trinajstić information content (AvgIpc) is 2.14. The topological polar surface area (TPSA) is 52.3 Å². The van der Waals surface area contributed by atoms with Gasteiger partial charge in [0, 0.05) is 4.47 Å². The highest BCUT2D eigenvalue weighted by atomic mass is 79.9. The largest absolute Gasteiger partial charge is 0.459 e. The maximum absolute atomic E-state index is 11.7. The van der Waals surface area contributed by atoms with Crippen LogP contribution in [0.15, 0.2) is 28.7 Å². The molecule has 0 amide bonds. The lowest BCUT2D eigenvalue weighted by molar-refractivity contribution is -0.156. The highest BCUT2D eigenvalue weighted by molar-refractivity contribution is 9.10. The van der Waals surface area contributed by atoms with Gasteiger partial charge in [-0.2, -0.15) is 0 Å². The summed E-state index contributed by atoms with van der Waals surface area (Å²) in [6, 6.07) is 7.12. The minimum absolute atomic E-state index is 0. The van der Waals surface area contributed by atoms with Gasteiger partial charge < -0.3 is 10.5 Å². The maximum Gasteiger partial charge on any atom is 0.323 e. The highest BCUT2D eigenvalue weighted by Gasteiger charge is 2.22. The zero-order chi connectivity index (χ0) is 13.1. The Morgan fingerprint density at radius 3 is 2.56 bits per heavy atom. The number of halogens is 2. The van der Waals surface area contributed by atoms with Crippen LogP contribution >= 0.6 is 28.3 Å². The van der Waals surface area contributed by atoms with E-state index in [1.165, 1.54) is 0 Å². The van der Waals surface area contributed by atoms with Gasteiger partial charge in [0.15, 0.2) is 0 Å². The van der Waals surface area contributed by atoms with Crippen molar-refractivity contribution < 1.29 is 9.53 Å². The van der Waals surface area contributed by atoms with Crippen molar-refractivity contribution in [2.45, 2.75) is 38.8 Å². The number of benzene rings is 1. The third kappa shape index (κ3) is 6.38. The summed E-state index contributed by atoms with van der Waals surface area (Å²) >= 11 is 3.38. The molecular formula is C13H19BrClNO2. The van der Waals surface area contributed by atoms with Gasteiger partial charge in [0.05, 0.1) is 0 Å². The number of nitrogens with two attached hydrogens (primary N) is 1. The van der Waals surface area contributed by atoms with Gasteiger partial charge in [0.1, 0.15) is 11.6 Å². The molecule has 0 fully saturated rings. The van der Waals surface area contributed by atoms with Gasteiger partial charge in [-0.1, -0.05) is 28.1 Å². The number of carbonyl (C=O) groups is 1. The second kappa shape index (κ2) is 7.12. The van der Waals surface area contributed by atoms with Crippen molar-refractivity contribution >= 4 is 34.3 Å². The summed E-state index contributed by atoms with van der Waals surface area (Å²) in [5.74, 6) is -0.363. The Balaban J connectivity index is 0.00000289. The van der Waals surface area contributed by atoms with E-state index < -0.39 is 11.6 Å². The molecule has 0 saturated heterocycles. The molecule has 1 atom stereocenters. The van der Waals surface area contributed by atoms with Crippen LogP contribution in [0.4, 0.5) is 0 Å². The summed E-state index contributed by atoms with van der Waals surface area (Å²) in [4.78, 5) is 11.7. The Morgan fingerprint density at radius 1 is 1.44 bits per heavy atom. The van der Waals surface area contributed by atoms with Gasteiger partial charge in [0.25, 0.3) is 0 Å². The molecule has 5 heteroatoms. The summed E-state index contributed by atoms with van der Waals surface area (Å²) in [5.41, 5.74) is 6.33. The smallest absolute Gasteiger partial charge is 0.323 e. The van der Waals surface area contributed by atoms with Crippen LogP contribution in [-0.2, 0) is 16.0 Å². The Labute approximate surface area is 123 Å². The number of carbonyl (C=O) groups excluding carboxylic acids is 1. The van der Waals surface area contributed by atoms with E-state index in [2.05, 4.69) is 15.9 Å². The molecule has 0 spiro atoms. The zero-order valence-electron chi connectivity index (χ0n) is 10.8. The molecule has 0 aliphatic heterocycles. The Morgan fingerprint density at radius 2 is 2.06 bits per heavy atom. The monoisotopic (exact) mass is 335 g/mol. The van der Waals surface area contributed by atoms with Crippen LogP contribution in [0.3, 0.4) is 0 Å². The Hall–Kier alpha value is -0.580. The maximum atomic E-state index is 11.7. The van der Waals surface area contributed by atoms with Crippen molar-refractivity contribution in [1.82, 2.24) is 0 Å². The predicted octanol–water partition coefficient (Wildman–Crippen LogP) is 3.08. The van der Waals surface area contributed by atoms with Crippen molar-refractivity contribution in [3.8, 4) is 0 Å². The van der Waals surface area contributed by atoms with Crippen molar-refractivity contribution in [2.24, 2.45) is 5.73 Å². The third-order valence-electron chi connectivity index (χ3n) is 2.05. The van der Waals surface area contributed by atoms with Crippen molar-refractivity contribution in [3.05, 3.63) is 34.3 Å². The molecule has 0 saturated carbocycles. The fourth-order valence-electron chi connectivity index (χ4n) is 1.38. The minimum Gasteiger partial charge on any atom is -0.459 e. The molecule has 1 aromatic rings. The van der Waals surface area contributed by atoms with Crippen LogP contribution in [0.5, 0.6) is 0 Å². The lowest BCUT2D eigenvalue weighted by Gasteiger charge is -2.22. The molecule has 18 heavy (non-hydrogen) atoms. The van der Waals surface area contributed by atoms with Gasteiger partial charge in [-0.25, -0.2) is 0 Å². The van der Waals surface area contributed by atoms with E-state index in [9.17, 15) is 4.79 Å². The Bertz CT molecular complexity index is 404. The van der Waals surface area contributed by atoms with Gasteiger partial charge in [-0.3, -0.25) is 4.79 Å². The first-order valence-electron chi connectivity index (χ1n) is 5.51. The zero-order valence-corrected chi connectivity index (χ0v) is 13.2. The molecule has 0 radical (unpaired) electrons. The number of rotatable bonds is 3. The molecule has 0 aromatic heterocycles. The molecule has 0 heterocycles. The third-order valence-corrected chi connectivity index (χ3v) is 2.55. The van der Waals surface area contributed by atoms with Crippen LogP contribution in [0.25, 0.3) is 0 Å². The highest BCUT2D eigenvalue weighted by Crippen LogP contribution is 2.14. The number of esters is 1. The first-order chi connectivity index (χ1) is 7.78. The van der Waals surface area contributed by atoms with Crippen LogP contribution in [0.1, 0.15) is 26.3 Å². The fourth-order valence-corrected chi connectivity index (χ4v) is 1.83. The van der Waals surface area contributed by atoms with E-state index in [-0.39, 0.29) is 18.4 Å². The van der Waals surface area contributed by atoms with Gasteiger partial charge >= 0.3 is 5.97 Å². The lowest BCUT2D eigenvalue weighted by atomic mass is 10.1. The summed E-state index contributed by atoms with van der Waals surface area (Å²) in [6.45, 7) is 5.49. The van der Waals surface area contributed by atoms with E-state index in [0.717, 1.165) is 10.0 Å². The first kappa shape index (κ1) is 17.4. The Kier molecular flexibility index (Phi) is 6.89. The summed E-state index contributed by atoms with van der Waals surface area (Å²) < 4.78 is 6.20. The van der Waals surface area contributed by atoms with Crippen LogP contribution < -0.4 is 5.73 Å². The normalized spacial score (nSPS) is 12.5. The molecule has 0 aliphatic carbocycles. The van der Waals surface area contributed by atoms with E-state index in [4.69, 9.17) is 10.5 Å². The van der Waals surface area contributed by atoms with E-state index in [0.29, 0.717) is 6.42 Å². The van der Waals surface area contributed by atoms with Gasteiger partial charge in [-0.15, -0.1) is 12.4 Å². The second-order valence-corrected chi connectivity index (χ2v) is 5.89. The van der Waals surface area contributed by atoms with Crippen molar-refractivity contribution in [1.29, 1.82) is 0 Å². The van der Waals surface area contributed by atoms with E-state index in [1.807, 2.05) is 45.0 Å². The lowest BCUT2D eigenvalue weighted by Crippen LogP contribution is -2.38. The molecule has 0 bridgehead atoms. The van der Waals surface area contributed by atoms with Gasteiger partial charge in [0.2, 0.25) is 0 Å². The molecule has 1 aromatic carbocycles. The first-order valence-corrected chi connectivity index (χ1v) is 6.30. The summed E-state index contributed by atoms with van der Waals surface area (Å²) in [7, 11) is 0. The summed E-state index contributed by atoms with van der Waals surface area (Å²) in [5, 5.41) is 0. The minimum atomic E-state index is -0.622. The molecule has 0 aliphatic rings. The molecule has 3 nitrogen and oxygen atoms in total.